The van der Waals surface area contributed by atoms with E-state index in [-0.39, 0.29) is 12.0 Å². The van der Waals surface area contributed by atoms with Crippen LogP contribution >= 0.6 is 0 Å². The highest BCUT2D eigenvalue weighted by molar-refractivity contribution is 5.75. The van der Waals surface area contributed by atoms with Crippen LogP contribution in [0.1, 0.15) is 32.6 Å². The summed E-state index contributed by atoms with van der Waals surface area (Å²) >= 11 is 0. The number of methoxy groups -OCH3 is 3. The van der Waals surface area contributed by atoms with Crippen LogP contribution in [-0.2, 0) is 19.0 Å². The predicted octanol–water partition coefficient (Wildman–Crippen LogP) is 1.70. The first-order valence-corrected chi connectivity index (χ1v) is 7.01. The molecule has 0 aromatic rings. The van der Waals surface area contributed by atoms with Crippen molar-refractivity contribution in [1.82, 2.24) is 4.90 Å². The minimum absolute atomic E-state index is 0.151. The molecule has 0 N–H and O–H groups in total. The first-order chi connectivity index (χ1) is 9.21. The number of hydrogen-bond acceptors (Lipinski definition) is 5. The minimum atomic E-state index is -0.169. The molecule has 0 saturated carbocycles. The van der Waals surface area contributed by atoms with Crippen molar-refractivity contribution in [2.75, 3.05) is 47.6 Å². The maximum Gasteiger partial charge on any atom is 0.323 e. The van der Waals surface area contributed by atoms with Gasteiger partial charge in [-0.25, -0.2) is 0 Å². The normalized spacial score (nSPS) is 12.7. The molecule has 0 aliphatic heterocycles. The van der Waals surface area contributed by atoms with Crippen molar-refractivity contribution < 1.29 is 19.0 Å². The summed E-state index contributed by atoms with van der Waals surface area (Å²) < 4.78 is 15.1. The van der Waals surface area contributed by atoms with E-state index in [0.717, 1.165) is 38.8 Å². The van der Waals surface area contributed by atoms with Gasteiger partial charge in [0.15, 0.2) is 0 Å². The maximum absolute atomic E-state index is 11.9. The fourth-order valence-corrected chi connectivity index (χ4v) is 2.03. The number of carbonyl (C=O) groups is 1. The fraction of sp³-hybridized carbons (Fsp3) is 0.929. The number of hydrogen-bond donors (Lipinski definition) is 0. The third-order valence-electron chi connectivity index (χ3n) is 3.12. The summed E-state index contributed by atoms with van der Waals surface area (Å²) in [6, 6.07) is -0.169. The zero-order valence-corrected chi connectivity index (χ0v) is 12.8. The summed E-state index contributed by atoms with van der Waals surface area (Å²) in [4.78, 5) is 14.1. The molecule has 0 rings (SSSR count). The Labute approximate surface area is 117 Å². The maximum atomic E-state index is 11.9. The van der Waals surface area contributed by atoms with Gasteiger partial charge in [-0.3, -0.25) is 9.69 Å². The SMILES string of the molecule is CCCCC(C(=O)OC)N(CCCOC)CCOC. The standard InChI is InChI=1S/C14H29NO4/c1-5-6-8-13(14(16)19-4)15(10-12-18-3)9-7-11-17-2/h13H,5-12H2,1-4H3. The van der Waals surface area contributed by atoms with Gasteiger partial charge in [-0.15, -0.1) is 0 Å². The number of ether oxygens (including phenoxy) is 3. The van der Waals surface area contributed by atoms with Crippen LogP contribution in [0.4, 0.5) is 0 Å². The lowest BCUT2D eigenvalue weighted by molar-refractivity contribution is -0.147. The van der Waals surface area contributed by atoms with Crippen LogP contribution in [0, 0.1) is 0 Å². The van der Waals surface area contributed by atoms with Crippen LogP contribution in [0.15, 0.2) is 0 Å². The number of nitrogens with zero attached hydrogens (tertiary/aromatic N) is 1. The van der Waals surface area contributed by atoms with E-state index in [0.29, 0.717) is 13.2 Å². The summed E-state index contributed by atoms with van der Waals surface area (Å²) in [5.74, 6) is -0.151. The van der Waals surface area contributed by atoms with Crippen molar-refractivity contribution in [2.45, 2.75) is 38.6 Å². The zero-order chi connectivity index (χ0) is 14.5. The molecule has 5 heteroatoms. The second-order valence-electron chi connectivity index (χ2n) is 4.56. The molecule has 0 radical (unpaired) electrons. The van der Waals surface area contributed by atoms with Gasteiger partial charge in [0, 0.05) is 33.9 Å². The van der Waals surface area contributed by atoms with E-state index >= 15 is 0 Å². The highest BCUT2D eigenvalue weighted by Gasteiger charge is 2.25. The molecule has 0 aliphatic carbocycles. The third-order valence-corrected chi connectivity index (χ3v) is 3.12. The van der Waals surface area contributed by atoms with Crippen molar-refractivity contribution in [2.24, 2.45) is 0 Å². The molecular weight excluding hydrogens is 246 g/mol. The number of carbonyl (C=O) groups excluding carboxylic acids is 1. The molecule has 0 aromatic carbocycles. The van der Waals surface area contributed by atoms with Gasteiger partial charge in [-0.2, -0.15) is 0 Å². The van der Waals surface area contributed by atoms with Gasteiger partial charge in [0.2, 0.25) is 0 Å². The Hall–Kier alpha value is -0.650. The Bertz CT molecular complexity index is 223. The molecular formula is C14H29NO4. The van der Waals surface area contributed by atoms with Crippen molar-refractivity contribution in [3.05, 3.63) is 0 Å². The number of esters is 1. The fourth-order valence-electron chi connectivity index (χ4n) is 2.03. The molecule has 0 aromatic heterocycles. The van der Waals surface area contributed by atoms with E-state index in [1.165, 1.54) is 7.11 Å². The highest BCUT2D eigenvalue weighted by atomic mass is 16.5. The third kappa shape index (κ3) is 8.18. The second kappa shape index (κ2) is 12.4. The van der Waals surface area contributed by atoms with Crippen LogP contribution < -0.4 is 0 Å². The molecule has 0 spiro atoms. The van der Waals surface area contributed by atoms with Gasteiger partial charge >= 0.3 is 5.97 Å². The summed E-state index contributed by atoms with van der Waals surface area (Å²) in [7, 11) is 4.81. The van der Waals surface area contributed by atoms with Crippen LogP contribution in [0.25, 0.3) is 0 Å². The lowest BCUT2D eigenvalue weighted by Gasteiger charge is -2.29. The van der Waals surface area contributed by atoms with Crippen LogP contribution in [0.2, 0.25) is 0 Å². The average Bonchev–Trinajstić information content (AvgIpc) is 2.43. The minimum Gasteiger partial charge on any atom is -0.468 e. The monoisotopic (exact) mass is 275 g/mol. The Morgan fingerprint density at radius 1 is 1.05 bits per heavy atom. The van der Waals surface area contributed by atoms with Crippen molar-refractivity contribution in [3.63, 3.8) is 0 Å². The highest BCUT2D eigenvalue weighted by Crippen LogP contribution is 2.11. The quantitative estimate of drug-likeness (QED) is 0.401. The van der Waals surface area contributed by atoms with Crippen molar-refractivity contribution >= 4 is 5.97 Å². The average molecular weight is 275 g/mol. The molecule has 0 amide bonds. The zero-order valence-electron chi connectivity index (χ0n) is 12.8. The van der Waals surface area contributed by atoms with E-state index in [1.807, 2.05) is 0 Å². The van der Waals surface area contributed by atoms with E-state index in [9.17, 15) is 4.79 Å². The Morgan fingerprint density at radius 3 is 2.26 bits per heavy atom. The van der Waals surface area contributed by atoms with Crippen LogP contribution in [-0.4, -0.2) is 64.5 Å². The first kappa shape index (κ1) is 18.4. The van der Waals surface area contributed by atoms with Gasteiger partial charge in [-0.1, -0.05) is 19.8 Å². The Balaban J connectivity index is 4.52. The molecule has 0 aliphatic rings. The largest absolute Gasteiger partial charge is 0.468 e. The second-order valence-corrected chi connectivity index (χ2v) is 4.56. The summed E-state index contributed by atoms with van der Waals surface area (Å²) in [5.41, 5.74) is 0. The molecule has 19 heavy (non-hydrogen) atoms. The Kier molecular flexibility index (Phi) is 12.0. The lowest BCUT2D eigenvalue weighted by atomic mass is 10.1. The van der Waals surface area contributed by atoms with Gasteiger partial charge in [-0.05, 0) is 12.8 Å². The molecule has 0 heterocycles. The lowest BCUT2D eigenvalue weighted by Crippen LogP contribution is -2.44. The van der Waals surface area contributed by atoms with Crippen LogP contribution in [0.5, 0.6) is 0 Å². The van der Waals surface area contributed by atoms with Crippen LogP contribution in [0.3, 0.4) is 0 Å². The Morgan fingerprint density at radius 2 is 1.74 bits per heavy atom. The van der Waals surface area contributed by atoms with Gasteiger partial charge in [0.25, 0.3) is 0 Å². The smallest absolute Gasteiger partial charge is 0.323 e. The molecule has 1 atom stereocenters. The van der Waals surface area contributed by atoms with Gasteiger partial charge in [0.1, 0.15) is 6.04 Å². The number of rotatable bonds is 12. The van der Waals surface area contributed by atoms with E-state index < -0.39 is 0 Å². The molecule has 1 unspecified atom stereocenters. The molecule has 5 nitrogen and oxygen atoms in total. The number of unbranched alkanes of at least 4 members (excludes halogenated alkanes) is 1. The van der Waals surface area contributed by atoms with E-state index in [1.54, 1.807) is 14.2 Å². The van der Waals surface area contributed by atoms with E-state index in [2.05, 4.69) is 11.8 Å². The molecule has 0 saturated heterocycles. The first-order valence-electron chi connectivity index (χ1n) is 7.01. The van der Waals surface area contributed by atoms with Gasteiger partial charge < -0.3 is 14.2 Å². The summed E-state index contributed by atoms with van der Waals surface area (Å²) in [5, 5.41) is 0. The molecule has 0 bridgehead atoms. The summed E-state index contributed by atoms with van der Waals surface area (Å²) in [6.07, 6.45) is 3.83. The molecule has 0 fully saturated rings. The van der Waals surface area contributed by atoms with Crippen molar-refractivity contribution in [3.8, 4) is 0 Å². The predicted molar refractivity (Wildman–Crippen MR) is 75.3 cm³/mol. The van der Waals surface area contributed by atoms with E-state index in [4.69, 9.17) is 14.2 Å². The summed E-state index contributed by atoms with van der Waals surface area (Å²) in [6.45, 7) is 5.00. The van der Waals surface area contributed by atoms with Gasteiger partial charge in [0.05, 0.1) is 13.7 Å². The topological polar surface area (TPSA) is 48.0 Å². The van der Waals surface area contributed by atoms with Crippen molar-refractivity contribution in [1.29, 1.82) is 0 Å². The molecule has 114 valence electrons.